The summed E-state index contributed by atoms with van der Waals surface area (Å²) in [4.78, 5) is 22.6. The van der Waals surface area contributed by atoms with Gasteiger partial charge in [-0.2, -0.15) is 0 Å². The van der Waals surface area contributed by atoms with E-state index in [-0.39, 0.29) is 18.8 Å². The number of nitrogens with zero attached hydrogens (tertiary/aromatic N) is 2. The van der Waals surface area contributed by atoms with Crippen LogP contribution in [0.5, 0.6) is 0 Å². The predicted octanol–water partition coefficient (Wildman–Crippen LogP) is 2.19. The predicted molar refractivity (Wildman–Crippen MR) is 74.2 cm³/mol. The van der Waals surface area contributed by atoms with Gasteiger partial charge < -0.3 is 10.0 Å². The van der Waals surface area contributed by atoms with Gasteiger partial charge >= 0.3 is 5.97 Å². The Bertz CT molecular complexity index is 566. The first-order valence-electron chi connectivity index (χ1n) is 5.21. The van der Waals surface area contributed by atoms with Crippen molar-refractivity contribution >= 4 is 33.3 Å². The standard InChI is InChI=1S/C12H11BrN2O4/c1-3-4-14(7-12(16)17)11-5-8(2)10(15(18)19)6-9(11)13/h1,5-6H,4,7H2,2H3,(H,16,17). The topological polar surface area (TPSA) is 83.7 Å². The van der Waals surface area contributed by atoms with Crippen molar-refractivity contribution < 1.29 is 14.8 Å². The molecule has 0 heterocycles. The van der Waals surface area contributed by atoms with E-state index < -0.39 is 10.9 Å². The Morgan fingerprint density at radius 3 is 2.74 bits per heavy atom. The molecule has 100 valence electrons. The van der Waals surface area contributed by atoms with Gasteiger partial charge in [0, 0.05) is 16.1 Å². The van der Waals surface area contributed by atoms with Crippen LogP contribution in [-0.2, 0) is 4.79 Å². The van der Waals surface area contributed by atoms with E-state index in [1.54, 1.807) is 13.0 Å². The molecule has 0 aliphatic carbocycles. The van der Waals surface area contributed by atoms with Crippen molar-refractivity contribution in [2.45, 2.75) is 6.92 Å². The number of benzene rings is 1. The summed E-state index contributed by atoms with van der Waals surface area (Å²) < 4.78 is 0.432. The van der Waals surface area contributed by atoms with Crippen LogP contribution in [0.2, 0.25) is 0 Å². The number of aryl methyl sites for hydroxylation is 1. The number of terminal acetylenes is 1. The van der Waals surface area contributed by atoms with Gasteiger partial charge in [-0.1, -0.05) is 5.92 Å². The van der Waals surface area contributed by atoms with E-state index in [1.807, 2.05) is 0 Å². The molecule has 1 aromatic carbocycles. The highest BCUT2D eigenvalue weighted by atomic mass is 79.9. The number of rotatable bonds is 5. The molecule has 0 atom stereocenters. The number of hydrogen-bond donors (Lipinski definition) is 1. The summed E-state index contributed by atoms with van der Waals surface area (Å²) in [6.45, 7) is 1.41. The van der Waals surface area contributed by atoms with Gasteiger partial charge in [-0.05, 0) is 28.9 Å². The second kappa shape index (κ2) is 6.20. The Balaban J connectivity index is 3.25. The minimum Gasteiger partial charge on any atom is -0.480 e. The molecule has 0 aliphatic rings. The number of nitro benzene ring substituents is 1. The zero-order valence-corrected chi connectivity index (χ0v) is 11.7. The monoisotopic (exact) mass is 326 g/mol. The molecule has 0 spiro atoms. The molecule has 0 radical (unpaired) electrons. The van der Waals surface area contributed by atoms with E-state index in [9.17, 15) is 14.9 Å². The van der Waals surface area contributed by atoms with Gasteiger partial charge in [0.1, 0.15) is 6.54 Å². The quantitative estimate of drug-likeness (QED) is 0.509. The van der Waals surface area contributed by atoms with Gasteiger partial charge in [-0.25, -0.2) is 0 Å². The third-order valence-corrected chi connectivity index (χ3v) is 3.05. The normalized spacial score (nSPS) is 9.74. The van der Waals surface area contributed by atoms with E-state index in [0.29, 0.717) is 15.7 Å². The number of carboxylic acid groups (broad SMARTS) is 1. The maximum absolute atomic E-state index is 10.8. The maximum atomic E-state index is 10.8. The molecule has 1 N–H and O–H groups in total. The molecule has 0 fully saturated rings. The molecule has 0 aromatic heterocycles. The molecule has 0 saturated carbocycles. The first kappa shape index (κ1) is 15.0. The highest BCUT2D eigenvalue weighted by Crippen LogP contribution is 2.33. The number of halogens is 1. The summed E-state index contributed by atoms with van der Waals surface area (Å²) >= 11 is 3.20. The van der Waals surface area contributed by atoms with Crippen molar-refractivity contribution in [1.82, 2.24) is 0 Å². The smallest absolute Gasteiger partial charge is 0.323 e. The summed E-state index contributed by atoms with van der Waals surface area (Å²) in [7, 11) is 0. The third kappa shape index (κ3) is 3.69. The first-order chi connectivity index (χ1) is 8.86. The lowest BCUT2D eigenvalue weighted by Gasteiger charge is -2.22. The number of anilines is 1. The molecule has 0 bridgehead atoms. The number of aliphatic carboxylic acids is 1. The molecule has 0 aliphatic heterocycles. The molecule has 0 unspecified atom stereocenters. The second-order valence-electron chi connectivity index (χ2n) is 3.80. The van der Waals surface area contributed by atoms with Gasteiger partial charge in [0.05, 0.1) is 17.2 Å². The molecular formula is C12H11BrN2O4. The SMILES string of the molecule is C#CCN(CC(=O)O)c1cc(C)c([N+](=O)[O-])cc1Br. The van der Waals surface area contributed by atoms with Crippen molar-refractivity contribution in [1.29, 1.82) is 0 Å². The van der Waals surface area contributed by atoms with Gasteiger partial charge in [0.2, 0.25) is 0 Å². The lowest BCUT2D eigenvalue weighted by Crippen LogP contribution is -2.30. The highest BCUT2D eigenvalue weighted by Gasteiger charge is 2.18. The lowest BCUT2D eigenvalue weighted by molar-refractivity contribution is -0.385. The minimum absolute atomic E-state index is 0.0355. The van der Waals surface area contributed by atoms with Crippen LogP contribution in [0.3, 0.4) is 0 Å². The Labute approximate surface area is 118 Å². The Kier molecular flexibility index (Phi) is 4.89. The summed E-state index contributed by atoms with van der Waals surface area (Å²) in [5.74, 6) is 1.33. The molecule has 7 heteroatoms. The van der Waals surface area contributed by atoms with E-state index in [0.717, 1.165) is 0 Å². The third-order valence-electron chi connectivity index (χ3n) is 2.41. The average Bonchev–Trinajstić information content (AvgIpc) is 2.30. The fraction of sp³-hybridized carbons (Fsp3) is 0.250. The Morgan fingerprint density at radius 1 is 1.63 bits per heavy atom. The zero-order valence-electron chi connectivity index (χ0n) is 10.1. The Morgan fingerprint density at radius 2 is 2.26 bits per heavy atom. The Hall–Kier alpha value is -2.07. The molecule has 19 heavy (non-hydrogen) atoms. The van der Waals surface area contributed by atoms with Gasteiger partial charge in [0.25, 0.3) is 5.69 Å². The summed E-state index contributed by atoms with van der Waals surface area (Å²) in [6, 6.07) is 2.89. The van der Waals surface area contributed by atoms with Crippen molar-refractivity contribution in [2.24, 2.45) is 0 Å². The summed E-state index contributed by atoms with van der Waals surface area (Å²) in [6.07, 6.45) is 5.20. The zero-order chi connectivity index (χ0) is 14.6. The van der Waals surface area contributed by atoms with Crippen molar-refractivity contribution in [3.63, 3.8) is 0 Å². The van der Waals surface area contributed by atoms with Crippen LogP contribution in [0.15, 0.2) is 16.6 Å². The van der Waals surface area contributed by atoms with E-state index >= 15 is 0 Å². The van der Waals surface area contributed by atoms with Crippen molar-refractivity contribution in [3.05, 3.63) is 32.3 Å². The number of hydrogen-bond acceptors (Lipinski definition) is 4. The number of nitro groups is 1. The van der Waals surface area contributed by atoms with Gasteiger partial charge in [-0.3, -0.25) is 14.9 Å². The van der Waals surface area contributed by atoms with Crippen LogP contribution in [-0.4, -0.2) is 29.1 Å². The van der Waals surface area contributed by atoms with Crippen LogP contribution in [0.1, 0.15) is 5.56 Å². The van der Waals surface area contributed by atoms with E-state index in [4.69, 9.17) is 11.5 Å². The molecule has 1 aromatic rings. The number of carbonyl (C=O) groups is 1. The van der Waals surface area contributed by atoms with Crippen LogP contribution in [0.25, 0.3) is 0 Å². The largest absolute Gasteiger partial charge is 0.480 e. The molecular weight excluding hydrogens is 316 g/mol. The van der Waals surface area contributed by atoms with Crippen molar-refractivity contribution in [2.75, 3.05) is 18.0 Å². The van der Waals surface area contributed by atoms with Crippen LogP contribution >= 0.6 is 15.9 Å². The fourth-order valence-electron chi connectivity index (χ4n) is 1.59. The summed E-state index contributed by atoms with van der Waals surface area (Å²) in [5.41, 5.74) is 0.922. The van der Waals surface area contributed by atoms with Gasteiger partial charge in [0.15, 0.2) is 0 Å². The van der Waals surface area contributed by atoms with E-state index in [2.05, 4.69) is 21.9 Å². The first-order valence-corrected chi connectivity index (χ1v) is 6.01. The molecule has 1 rings (SSSR count). The lowest BCUT2D eigenvalue weighted by atomic mass is 10.1. The summed E-state index contributed by atoms with van der Waals surface area (Å²) in [5, 5.41) is 19.6. The second-order valence-corrected chi connectivity index (χ2v) is 4.66. The average molecular weight is 327 g/mol. The fourth-order valence-corrected chi connectivity index (χ4v) is 2.18. The highest BCUT2D eigenvalue weighted by molar-refractivity contribution is 9.10. The molecule has 0 amide bonds. The van der Waals surface area contributed by atoms with Crippen LogP contribution in [0.4, 0.5) is 11.4 Å². The minimum atomic E-state index is -1.03. The van der Waals surface area contributed by atoms with E-state index in [1.165, 1.54) is 11.0 Å². The van der Waals surface area contributed by atoms with Crippen LogP contribution < -0.4 is 4.90 Å². The van der Waals surface area contributed by atoms with Crippen LogP contribution in [0, 0.1) is 29.4 Å². The van der Waals surface area contributed by atoms with Crippen molar-refractivity contribution in [3.8, 4) is 12.3 Å². The molecule has 6 nitrogen and oxygen atoms in total. The van der Waals surface area contributed by atoms with Gasteiger partial charge in [-0.15, -0.1) is 6.42 Å². The maximum Gasteiger partial charge on any atom is 0.323 e. The molecule has 0 saturated heterocycles. The number of carboxylic acids is 1.